The lowest BCUT2D eigenvalue weighted by Crippen LogP contribution is -2.15. The fourth-order valence-corrected chi connectivity index (χ4v) is 4.24. The van der Waals surface area contributed by atoms with E-state index in [1.165, 1.54) is 0 Å². The molecule has 0 fully saturated rings. The number of sulfonamides is 1. The summed E-state index contributed by atoms with van der Waals surface area (Å²) in [6.45, 7) is 6.18. The van der Waals surface area contributed by atoms with Gasteiger partial charge in [0.1, 0.15) is 11.3 Å². The molecule has 0 amide bonds. The average molecular weight is 468 g/mol. The number of hydrogen-bond donors (Lipinski definition) is 2. The summed E-state index contributed by atoms with van der Waals surface area (Å²) in [6, 6.07) is 12.2. The van der Waals surface area contributed by atoms with Gasteiger partial charge in [-0.1, -0.05) is 20.8 Å². The Morgan fingerprint density at radius 1 is 1.09 bits per heavy atom. The summed E-state index contributed by atoms with van der Waals surface area (Å²) in [5, 5.41) is 0. The van der Waals surface area contributed by atoms with Gasteiger partial charge in [0, 0.05) is 17.3 Å². The molecular weight excluding hydrogens is 442 g/mol. The molecule has 8 nitrogen and oxygen atoms in total. The zero-order valence-corrected chi connectivity index (χ0v) is 19.8. The lowest BCUT2D eigenvalue weighted by atomic mass is 9.83. The Hall–Kier alpha value is -3.59. The Morgan fingerprint density at radius 3 is 2.48 bits per heavy atom. The van der Waals surface area contributed by atoms with Crippen molar-refractivity contribution in [1.29, 1.82) is 0 Å². The first kappa shape index (κ1) is 22.6. The zero-order chi connectivity index (χ0) is 24.0. The third-order valence-corrected chi connectivity index (χ3v) is 5.76. The molecule has 4 aromatic rings. The number of fused-ring (bicyclic) bond motifs is 1. The smallest absolute Gasteiger partial charge is 0.255 e. The Balaban J connectivity index is 1.96. The maximum absolute atomic E-state index is 12.5. The number of nitrogens with zero attached hydrogens (tertiary/aromatic N) is 1. The second kappa shape index (κ2) is 8.08. The van der Waals surface area contributed by atoms with Crippen molar-refractivity contribution < 1.29 is 17.6 Å². The number of anilines is 1. The molecule has 2 aromatic heterocycles. The Morgan fingerprint density at radius 2 is 1.85 bits per heavy atom. The number of oxazole rings is 1. The van der Waals surface area contributed by atoms with E-state index in [-0.39, 0.29) is 11.0 Å². The number of nitrogens with one attached hydrogen (secondary N) is 2. The molecule has 0 unspecified atom stereocenters. The number of benzene rings is 2. The zero-order valence-electron chi connectivity index (χ0n) is 19.0. The number of pyridine rings is 1. The predicted molar refractivity (Wildman–Crippen MR) is 129 cm³/mol. The van der Waals surface area contributed by atoms with E-state index < -0.39 is 10.0 Å². The quantitative estimate of drug-likeness (QED) is 0.446. The summed E-state index contributed by atoms with van der Waals surface area (Å²) in [4.78, 5) is 19.8. The minimum absolute atomic E-state index is 0.206. The van der Waals surface area contributed by atoms with Crippen LogP contribution in [0, 0.1) is 0 Å². The maximum atomic E-state index is 12.5. The fraction of sp³-hybridized carbons (Fsp3) is 0.250. The summed E-state index contributed by atoms with van der Waals surface area (Å²) in [5.41, 5.74) is 3.57. The SMILES string of the molecule is COc1c(-c2nc3cc(NS(C)(=O)=O)ccc3o2)cc(-c2ccc[nH]c2=O)cc1C(C)(C)C. The summed E-state index contributed by atoms with van der Waals surface area (Å²) in [6.07, 6.45) is 2.67. The van der Waals surface area contributed by atoms with Crippen molar-refractivity contribution in [3.05, 3.63) is 64.6 Å². The van der Waals surface area contributed by atoms with E-state index in [4.69, 9.17) is 9.15 Å². The average Bonchev–Trinajstić information content (AvgIpc) is 3.14. The monoisotopic (exact) mass is 467 g/mol. The number of aromatic amines is 1. The number of H-pyrrole nitrogens is 1. The van der Waals surface area contributed by atoms with Crippen LogP contribution in [-0.4, -0.2) is 31.8 Å². The lowest BCUT2D eigenvalue weighted by Gasteiger charge is -2.24. The largest absolute Gasteiger partial charge is 0.496 e. The number of hydrogen-bond acceptors (Lipinski definition) is 6. The standard InChI is InChI=1S/C24H25N3O5S/c1-24(2,3)18-12-14(16-7-6-10-25-22(16)28)11-17(21(18)31-4)23-26-19-13-15(27-33(5,29)30)8-9-20(19)32-23/h6-13,27H,1-5H3,(H,25,28). The van der Waals surface area contributed by atoms with Crippen molar-refractivity contribution in [3.8, 4) is 28.3 Å². The van der Waals surface area contributed by atoms with Crippen LogP contribution < -0.4 is 15.0 Å². The van der Waals surface area contributed by atoms with Gasteiger partial charge in [-0.15, -0.1) is 0 Å². The van der Waals surface area contributed by atoms with Gasteiger partial charge in [-0.2, -0.15) is 0 Å². The molecular formula is C24H25N3O5S. The van der Waals surface area contributed by atoms with Crippen molar-refractivity contribution >= 4 is 26.8 Å². The highest BCUT2D eigenvalue weighted by Crippen LogP contribution is 2.42. The number of aromatic nitrogens is 2. The second-order valence-corrected chi connectivity index (χ2v) is 10.6. The van der Waals surface area contributed by atoms with Crippen molar-refractivity contribution in [1.82, 2.24) is 9.97 Å². The molecule has 0 aliphatic carbocycles. The molecule has 9 heteroatoms. The molecule has 172 valence electrons. The Labute approximate surface area is 191 Å². The third-order valence-electron chi connectivity index (χ3n) is 5.15. The van der Waals surface area contributed by atoms with Crippen LogP contribution in [0.25, 0.3) is 33.7 Å². The Bertz CT molecular complexity index is 1510. The van der Waals surface area contributed by atoms with E-state index in [9.17, 15) is 13.2 Å². The summed E-state index contributed by atoms with van der Waals surface area (Å²) in [5.74, 6) is 0.901. The van der Waals surface area contributed by atoms with Crippen LogP contribution in [0.3, 0.4) is 0 Å². The molecule has 0 spiro atoms. The van der Waals surface area contributed by atoms with Crippen molar-refractivity contribution in [3.63, 3.8) is 0 Å². The van der Waals surface area contributed by atoms with Crippen LogP contribution in [0.2, 0.25) is 0 Å². The molecule has 2 heterocycles. The fourth-order valence-electron chi connectivity index (χ4n) is 3.69. The van der Waals surface area contributed by atoms with E-state index in [2.05, 4.69) is 35.5 Å². The highest BCUT2D eigenvalue weighted by molar-refractivity contribution is 7.92. The van der Waals surface area contributed by atoms with Gasteiger partial charge in [0.05, 0.1) is 24.6 Å². The molecule has 2 aromatic carbocycles. The van der Waals surface area contributed by atoms with Crippen LogP contribution in [-0.2, 0) is 15.4 Å². The molecule has 0 atom stereocenters. The first-order valence-electron chi connectivity index (χ1n) is 10.3. The van der Waals surface area contributed by atoms with Gasteiger partial charge in [0.15, 0.2) is 5.58 Å². The number of rotatable bonds is 5. The molecule has 4 rings (SSSR count). The van der Waals surface area contributed by atoms with Gasteiger partial charge in [0.25, 0.3) is 5.56 Å². The van der Waals surface area contributed by atoms with Gasteiger partial charge in [-0.3, -0.25) is 9.52 Å². The molecule has 2 N–H and O–H groups in total. The van der Waals surface area contributed by atoms with Crippen LogP contribution >= 0.6 is 0 Å². The van der Waals surface area contributed by atoms with Gasteiger partial charge < -0.3 is 14.1 Å². The maximum Gasteiger partial charge on any atom is 0.255 e. The van der Waals surface area contributed by atoms with E-state index in [0.29, 0.717) is 45.1 Å². The van der Waals surface area contributed by atoms with Crippen molar-refractivity contribution in [2.24, 2.45) is 0 Å². The highest BCUT2D eigenvalue weighted by Gasteiger charge is 2.26. The second-order valence-electron chi connectivity index (χ2n) is 8.84. The predicted octanol–water partition coefficient (Wildman–Crippen LogP) is 4.53. The summed E-state index contributed by atoms with van der Waals surface area (Å²) in [7, 11) is -1.84. The molecule has 33 heavy (non-hydrogen) atoms. The van der Waals surface area contributed by atoms with E-state index in [1.54, 1.807) is 43.6 Å². The normalized spacial score (nSPS) is 12.2. The highest BCUT2D eigenvalue weighted by atomic mass is 32.2. The number of ether oxygens (including phenoxy) is 1. The first-order chi connectivity index (χ1) is 15.5. The lowest BCUT2D eigenvalue weighted by molar-refractivity contribution is 0.398. The van der Waals surface area contributed by atoms with Crippen molar-refractivity contribution in [2.75, 3.05) is 18.1 Å². The molecule has 0 radical (unpaired) electrons. The van der Waals surface area contributed by atoms with Crippen LogP contribution in [0.15, 0.2) is 57.9 Å². The van der Waals surface area contributed by atoms with Gasteiger partial charge in [0.2, 0.25) is 15.9 Å². The van der Waals surface area contributed by atoms with E-state index in [0.717, 1.165) is 11.8 Å². The molecule has 0 aliphatic heterocycles. The van der Waals surface area contributed by atoms with Crippen LogP contribution in [0.4, 0.5) is 5.69 Å². The number of methoxy groups -OCH3 is 1. The molecule has 0 aliphatic rings. The van der Waals surface area contributed by atoms with Gasteiger partial charge >= 0.3 is 0 Å². The summed E-state index contributed by atoms with van der Waals surface area (Å²) < 4.78 is 37.4. The van der Waals surface area contributed by atoms with E-state index >= 15 is 0 Å². The van der Waals surface area contributed by atoms with E-state index in [1.807, 2.05) is 12.1 Å². The minimum Gasteiger partial charge on any atom is -0.496 e. The molecule has 0 saturated carbocycles. The topological polar surface area (TPSA) is 114 Å². The van der Waals surface area contributed by atoms with Crippen LogP contribution in [0.5, 0.6) is 5.75 Å². The third kappa shape index (κ3) is 4.63. The molecule has 0 saturated heterocycles. The Kier molecular flexibility index (Phi) is 5.53. The van der Waals surface area contributed by atoms with Gasteiger partial charge in [-0.05, 0) is 53.4 Å². The van der Waals surface area contributed by atoms with Gasteiger partial charge in [-0.25, -0.2) is 13.4 Å². The minimum atomic E-state index is -3.43. The van der Waals surface area contributed by atoms with Crippen LogP contribution in [0.1, 0.15) is 26.3 Å². The first-order valence-corrected chi connectivity index (χ1v) is 12.1. The van der Waals surface area contributed by atoms with Crippen molar-refractivity contribution in [2.45, 2.75) is 26.2 Å². The molecule has 0 bridgehead atoms. The summed E-state index contributed by atoms with van der Waals surface area (Å²) >= 11 is 0.